The van der Waals surface area contributed by atoms with Gasteiger partial charge in [0.15, 0.2) is 0 Å². The van der Waals surface area contributed by atoms with E-state index in [1.54, 1.807) is 12.1 Å². The summed E-state index contributed by atoms with van der Waals surface area (Å²) in [4.78, 5) is 0. The SMILES string of the molecule is CC1(c2ccc(F)c(Br)c2)CC1(CN)CO. The monoisotopic (exact) mass is 287 g/mol. The first-order chi connectivity index (χ1) is 7.49. The fraction of sp³-hybridized carbons (Fsp3) is 0.500. The number of hydrogen-bond donors (Lipinski definition) is 2. The number of nitrogens with two attached hydrogens (primary N) is 1. The van der Waals surface area contributed by atoms with Crippen LogP contribution >= 0.6 is 15.9 Å². The smallest absolute Gasteiger partial charge is 0.137 e. The lowest BCUT2D eigenvalue weighted by atomic mass is 9.88. The number of rotatable bonds is 3. The van der Waals surface area contributed by atoms with Crippen molar-refractivity contribution in [2.24, 2.45) is 11.1 Å². The molecule has 1 aromatic rings. The van der Waals surface area contributed by atoms with E-state index in [1.807, 2.05) is 0 Å². The molecule has 1 saturated carbocycles. The predicted octanol–water partition coefficient (Wildman–Crippen LogP) is 2.19. The summed E-state index contributed by atoms with van der Waals surface area (Å²) in [5, 5.41) is 9.41. The van der Waals surface area contributed by atoms with Gasteiger partial charge in [-0.15, -0.1) is 0 Å². The highest BCUT2D eigenvalue weighted by Crippen LogP contribution is 2.63. The van der Waals surface area contributed by atoms with Crippen LogP contribution in [0.15, 0.2) is 22.7 Å². The van der Waals surface area contributed by atoms with Gasteiger partial charge in [0, 0.05) is 17.4 Å². The van der Waals surface area contributed by atoms with Crippen LogP contribution in [0.3, 0.4) is 0 Å². The molecule has 0 spiro atoms. The van der Waals surface area contributed by atoms with Gasteiger partial charge in [0.1, 0.15) is 5.82 Å². The number of benzene rings is 1. The summed E-state index contributed by atoms with van der Waals surface area (Å²) >= 11 is 3.18. The van der Waals surface area contributed by atoms with Crippen molar-refractivity contribution in [2.75, 3.05) is 13.2 Å². The molecule has 2 rings (SSSR count). The zero-order chi connectivity index (χ0) is 12.0. The molecule has 0 radical (unpaired) electrons. The van der Waals surface area contributed by atoms with Crippen molar-refractivity contribution in [1.29, 1.82) is 0 Å². The van der Waals surface area contributed by atoms with Crippen LogP contribution in [0, 0.1) is 11.2 Å². The molecule has 0 bridgehead atoms. The van der Waals surface area contributed by atoms with Crippen LogP contribution in [-0.2, 0) is 5.41 Å². The van der Waals surface area contributed by atoms with E-state index in [-0.39, 0.29) is 23.3 Å². The molecule has 2 atom stereocenters. The first-order valence-corrected chi connectivity index (χ1v) is 6.05. The Bertz CT molecular complexity index is 419. The lowest BCUT2D eigenvalue weighted by Crippen LogP contribution is -2.27. The topological polar surface area (TPSA) is 46.2 Å². The van der Waals surface area contributed by atoms with E-state index in [0.29, 0.717) is 11.0 Å². The van der Waals surface area contributed by atoms with Crippen molar-refractivity contribution in [3.8, 4) is 0 Å². The Balaban J connectivity index is 2.36. The lowest BCUT2D eigenvalue weighted by Gasteiger charge is -2.20. The minimum Gasteiger partial charge on any atom is -0.396 e. The van der Waals surface area contributed by atoms with Crippen molar-refractivity contribution < 1.29 is 9.50 Å². The molecule has 1 fully saturated rings. The van der Waals surface area contributed by atoms with Crippen LogP contribution < -0.4 is 5.73 Å². The summed E-state index contributed by atoms with van der Waals surface area (Å²) < 4.78 is 13.6. The van der Waals surface area contributed by atoms with Crippen LogP contribution in [0.5, 0.6) is 0 Å². The minimum absolute atomic E-state index is 0.0784. The van der Waals surface area contributed by atoms with E-state index in [9.17, 15) is 9.50 Å². The van der Waals surface area contributed by atoms with Gasteiger partial charge in [-0.3, -0.25) is 0 Å². The molecule has 2 unspecified atom stereocenters. The van der Waals surface area contributed by atoms with Crippen molar-refractivity contribution in [3.63, 3.8) is 0 Å². The van der Waals surface area contributed by atoms with Crippen LogP contribution in [0.25, 0.3) is 0 Å². The van der Waals surface area contributed by atoms with Crippen molar-refractivity contribution >= 4 is 15.9 Å². The van der Waals surface area contributed by atoms with E-state index in [2.05, 4.69) is 22.9 Å². The molecular weight excluding hydrogens is 273 g/mol. The number of hydrogen-bond acceptors (Lipinski definition) is 2. The second kappa shape index (κ2) is 3.79. The maximum absolute atomic E-state index is 13.1. The first-order valence-electron chi connectivity index (χ1n) is 5.25. The van der Waals surface area contributed by atoms with Crippen molar-refractivity contribution in [2.45, 2.75) is 18.8 Å². The van der Waals surface area contributed by atoms with Gasteiger partial charge in [-0.2, -0.15) is 0 Å². The van der Waals surface area contributed by atoms with Crippen LogP contribution in [0.4, 0.5) is 4.39 Å². The predicted molar refractivity (Wildman–Crippen MR) is 64.6 cm³/mol. The van der Waals surface area contributed by atoms with E-state index in [0.717, 1.165) is 12.0 Å². The van der Waals surface area contributed by atoms with Crippen LogP contribution in [0.1, 0.15) is 18.9 Å². The summed E-state index contributed by atoms with van der Waals surface area (Å²) in [6.07, 6.45) is 0.852. The Morgan fingerprint density at radius 2 is 2.25 bits per heavy atom. The molecule has 16 heavy (non-hydrogen) atoms. The molecule has 1 aliphatic rings. The fourth-order valence-electron chi connectivity index (χ4n) is 2.47. The number of aliphatic hydroxyl groups is 1. The van der Waals surface area contributed by atoms with Gasteiger partial charge in [0.25, 0.3) is 0 Å². The third-order valence-corrected chi connectivity index (χ3v) is 4.60. The van der Waals surface area contributed by atoms with E-state index in [4.69, 9.17) is 5.73 Å². The van der Waals surface area contributed by atoms with Crippen molar-refractivity contribution in [1.82, 2.24) is 0 Å². The molecule has 1 aliphatic carbocycles. The van der Waals surface area contributed by atoms with E-state index >= 15 is 0 Å². The second-order valence-electron chi connectivity index (χ2n) is 4.78. The molecule has 0 saturated heterocycles. The lowest BCUT2D eigenvalue weighted by molar-refractivity contribution is 0.198. The maximum atomic E-state index is 13.1. The van der Waals surface area contributed by atoms with E-state index in [1.165, 1.54) is 6.07 Å². The Hall–Kier alpha value is -0.450. The molecule has 0 amide bonds. The zero-order valence-corrected chi connectivity index (χ0v) is 10.7. The summed E-state index contributed by atoms with van der Waals surface area (Å²) in [5.41, 5.74) is 6.38. The standard InChI is InChI=1S/C12H15BrFNO/c1-11(5-12(11,6-15)7-16)8-2-3-10(14)9(13)4-8/h2-4,16H,5-7,15H2,1H3. The average molecular weight is 288 g/mol. The summed E-state index contributed by atoms with van der Waals surface area (Å²) in [5.74, 6) is -0.268. The zero-order valence-electron chi connectivity index (χ0n) is 9.13. The van der Waals surface area contributed by atoms with Gasteiger partial charge in [0.2, 0.25) is 0 Å². The number of aliphatic hydroxyl groups excluding tert-OH is 1. The Morgan fingerprint density at radius 1 is 1.56 bits per heavy atom. The van der Waals surface area contributed by atoms with Gasteiger partial charge in [-0.25, -0.2) is 4.39 Å². The molecule has 0 aromatic heterocycles. The maximum Gasteiger partial charge on any atom is 0.137 e. The normalized spacial score (nSPS) is 32.8. The van der Waals surface area contributed by atoms with Crippen LogP contribution in [0.2, 0.25) is 0 Å². The summed E-state index contributed by atoms with van der Waals surface area (Å²) in [7, 11) is 0. The highest BCUT2D eigenvalue weighted by molar-refractivity contribution is 9.10. The first kappa shape index (κ1) is 12.0. The largest absolute Gasteiger partial charge is 0.396 e. The number of halogens is 2. The fourth-order valence-corrected chi connectivity index (χ4v) is 2.85. The van der Waals surface area contributed by atoms with Gasteiger partial charge < -0.3 is 10.8 Å². The second-order valence-corrected chi connectivity index (χ2v) is 5.63. The molecule has 4 heteroatoms. The summed E-state index contributed by atoms with van der Waals surface area (Å²) in [6, 6.07) is 5.00. The van der Waals surface area contributed by atoms with Gasteiger partial charge in [-0.05, 0) is 40.0 Å². The van der Waals surface area contributed by atoms with E-state index < -0.39 is 0 Å². The Morgan fingerprint density at radius 3 is 2.69 bits per heavy atom. The molecule has 0 aliphatic heterocycles. The molecule has 3 N–H and O–H groups in total. The highest BCUT2D eigenvalue weighted by atomic mass is 79.9. The summed E-state index contributed by atoms with van der Waals surface area (Å²) in [6.45, 7) is 2.60. The Labute approximate surface area is 103 Å². The third kappa shape index (κ3) is 1.51. The third-order valence-electron chi connectivity index (χ3n) is 3.99. The molecule has 1 aromatic carbocycles. The Kier molecular flexibility index (Phi) is 2.85. The van der Waals surface area contributed by atoms with Gasteiger partial charge in [0.05, 0.1) is 11.1 Å². The minimum atomic E-state index is -0.268. The molecule has 0 heterocycles. The average Bonchev–Trinajstić information content (AvgIpc) is 2.90. The highest BCUT2D eigenvalue weighted by Gasteiger charge is 2.63. The van der Waals surface area contributed by atoms with Crippen molar-refractivity contribution in [3.05, 3.63) is 34.1 Å². The van der Waals surface area contributed by atoms with Gasteiger partial charge >= 0.3 is 0 Å². The quantitative estimate of drug-likeness (QED) is 0.895. The van der Waals surface area contributed by atoms with Crippen LogP contribution in [-0.4, -0.2) is 18.3 Å². The molecule has 88 valence electrons. The molecular formula is C12H15BrFNO. The van der Waals surface area contributed by atoms with Gasteiger partial charge in [-0.1, -0.05) is 13.0 Å². The molecule has 2 nitrogen and oxygen atoms in total.